The molecule has 1 amide bonds. The first-order valence-corrected chi connectivity index (χ1v) is 5.96. The summed E-state index contributed by atoms with van der Waals surface area (Å²) in [5, 5.41) is 10.3. The quantitative estimate of drug-likeness (QED) is 0.813. The number of aromatic nitrogens is 2. The molecule has 1 heterocycles. The van der Waals surface area contributed by atoms with Crippen molar-refractivity contribution in [3.05, 3.63) is 59.9 Å². The molecule has 0 radical (unpaired) electrons. The highest BCUT2D eigenvalue weighted by Crippen LogP contribution is 2.01. The van der Waals surface area contributed by atoms with Crippen molar-refractivity contribution >= 4 is 5.91 Å². The zero-order valence-corrected chi connectivity index (χ0v) is 10.0. The van der Waals surface area contributed by atoms with Gasteiger partial charge in [-0.15, -0.1) is 5.10 Å². The molecule has 4 heteroatoms. The lowest BCUT2D eigenvalue weighted by molar-refractivity contribution is 0.0947. The van der Waals surface area contributed by atoms with Crippen LogP contribution in [0.15, 0.2) is 48.7 Å². The van der Waals surface area contributed by atoms with Crippen LogP contribution in [-0.4, -0.2) is 22.6 Å². The highest BCUT2D eigenvalue weighted by molar-refractivity contribution is 5.91. The van der Waals surface area contributed by atoms with E-state index in [0.717, 1.165) is 12.8 Å². The zero-order valence-electron chi connectivity index (χ0n) is 10.0. The molecular formula is C14H15N3O. The van der Waals surface area contributed by atoms with Crippen LogP contribution in [-0.2, 0) is 6.42 Å². The van der Waals surface area contributed by atoms with Gasteiger partial charge in [0.2, 0.25) is 0 Å². The van der Waals surface area contributed by atoms with E-state index in [4.69, 9.17) is 0 Å². The topological polar surface area (TPSA) is 54.9 Å². The highest BCUT2D eigenvalue weighted by atomic mass is 16.1. The van der Waals surface area contributed by atoms with E-state index < -0.39 is 0 Å². The predicted molar refractivity (Wildman–Crippen MR) is 69.1 cm³/mol. The summed E-state index contributed by atoms with van der Waals surface area (Å²) in [6.07, 6.45) is 3.42. The van der Waals surface area contributed by atoms with E-state index in [-0.39, 0.29) is 5.91 Å². The number of carbonyl (C=O) groups excluding carboxylic acids is 1. The van der Waals surface area contributed by atoms with Gasteiger partial charge in [0.25, 0.3) is 5.91 Å². The zero-order chi connectivity index (χ0) is 12.6. The molecule has 18 heavy (non-hydrogen) atoms. The highest BCUT2D eigenvalue weighted by Gasteiger charge is 2.05. The van der Waals surface area contributed by atoms with Crippen LogP contribution < -0.4 is 5.32 Å². The van der Waals surface area contributed by atoms with Gasteiger partial charge in [0, 0.05) is 12.7 Å². The van der Waals surface area contributed by atoms with Gasteiger partial charge in [-0.1, -0.05) is 30.3 Å². The lowest BCUT2D eigenvalue weighted by Crippen LogP contribution is -2.25. The van der Waals surface area contributed by atoms with Crippen molar-refractivity contribution in [1.82, 2.24) is 15.5 Å². The summed E-state index contributed by atoms with van der Waals surface area (Å²) in [7, 11) is 0. The monoisotopic (exact) mass is 241 g/mol. The van der Waals surface area contributed by atoms with E-state index in [2.05, 4.69) is 27.6 Å². The van der Waals surface area contributed by atoms with Crippen molar-refractivity contribution in [1.29, 1.82) is 0 Å². The molecule has 0 fully saturated rings. The minimum absolute atomic E-state index is 0.170. The molecule has 2 aromatic rings. The Morgan fingerprint density at radius 2 is 1.94 bits per heavy atom. The third-order valence-corrected chi connectivity index (χ3v) is 2.58. The van der Waals surface area contributed by atoms with Crippen LogP contribution in [0.4, 0.5) is 0 Å². The molecule has 0 spiro atoms. The summed E-state index contributed by atoms with van der Waals surface area (Å²) in [4.78, 5) is 11.6. The van der Waals surface area contributed by atoms with Gasteiger partial charge in [0.15, 0.2) is 5.69 Å². The maximum absolute atomic E-state index is 11.6. The van der Waals surface area contributed by atoms with Gasteiger partial charge < -0.3 is 5.32 Å². The van der Waals surface area contributed by atoms with E-state index in [1.165, 1.54) is 5.56 Å². The van der Waals surface area contributed by atoms with Gasteiger partial charge in [-0.05, 0) is 30.5 Å². The third-order valence-electron chi connectivity index (χ3n) is 2.58. The van der Waals surface area contributed by atoms with Gasteiger partial charge >= 0.3 is 0 Å². The van der Waals surface area contributed by atoms with E-state index in [0.29, 0.717) is 12.2 Å². The summed E-state index contributed by atoms with van der Waals surface area (Å²) in [6, 6.07) is 13.6. The molecule has 0 aliphatic rings. The summed E-state index contributed by atoms with van der Waals surface area (Å²) < 4.78 is 0. The molecule has 0 aliphatic carbocycles. The van der Waals surface area contributed by atoms with Crippen molar-refractivity contribution in [2.75, 3.05) is 6.54 Å². The molecular weight excluding hydrogens is 226 g/mol. The predicted octanol–water partition coefficient (Wildman–Crippen LogP) is 1.84. The summed E-state index contributed by atoms with van der Waals surface area (Å²) in [5.74, 6) is -0.170. The van der Waals surface area contributed by atoms with Crippen LogP contribution in [0.5, 0.6) is 0 Å². The second-order valence-electron chi connectivity index (χ2n) is 3.95. The minimum Gasteiger partial charge on any atom is -0.351 e. The standard InChI is InChI=1S/C14H15N3O/c18-14(13-9-5-11-16-17-13)15-10-4-8-12-6-2-1-3-7-12/h1-3,5-7,9,11H,4,8,10H2,(H,15,18). The number of carbonyl (C=O) groups is 1. The van der Waals surface area contributed by atoms with Crippen molar-refractivity contribution < 1.29 is 4.79 Å². The Labute approximate surface area is 106 Å². The first kappa shape index (κ1) is 12.2. The largest absolute Gasteiger partial charge is 0.351 e. The SMILES string of the molecule is O=C(NCCCc1ccccc1)c1cccnn1. The Kier molecular flexibility index (Phi) is 4.41. The molecule has 2 rings (SSSR count). The Morgan fingerprint density at radius 1 is 1.11 bits per heavy atom. The Bertz CT molecular complexity index is 485. The van der Waals surface area contributed by atoms with Gasteiger partial charge in [0.1, 0.15) is 0 Å². The average molecular weight is 241 g/mol. The number of nitrogens with zero attached hydrogens (tertiary/aromatic N) is 2. The van der Waals surface area contributed by atoms with E-state index in [1.54, 1.807) is 18.3 Å². The number of nitrogens with one attached hydrogen (secondary N) is 1. The molecule has 0 aliphatic heterocycles. The maximum Gasteiger partial charge on any atom is 0.271 e. The summed E-state index contributed by atoms with van der Waals surface area (Å²) in [6.45, 7) is 0.643. The molecule has 0 saturated heterocycles. The maximum atomic E-state index is 11.6. The second-order valence-corrected chi connectivity index (χ2v) is 3.95. The van der Waals surface area contributed by atoms with E-state index in [1.807, 2.05) is 18.2 Å². The molecule has 1 aromatic carbocycles. The average Bonchev–Trinajstić information content (AvgIpc) is 2.45. The fourth-order valence-electron chi connectivity index (χ4n) is 1.65. The Morgan fingerprint density at radius 3 is 2.67 bits per heavy atom. The normalized spacial score (nSPS) is 10.0. The van der Waals surface area contributed by atoms with Crippen molar-refractivity contribution in [2.45, 2.75) is 12.8 Å². The molecule has 92 valence electrons. The number of benzene rings is 1. The molecule has 1 N–H and O–H groups in total. The number of hydrogen-bond acceptors (Lipinski definition) is 3. The Balaban J connectivity index is 1.72. The summed E-state index contributed by atoms with van der Waals surface area (Å²) >= 11 is 0. The molecule has 1 aromatic heterocycles. The van der Waals surface area contributed by atoms with Gasteiger partial charge in [0.05, 0.1) is 0 Å². The Hall–Kier alpha value is -2.23. The smallest absolute Gasteiger partial charge is 0.271 e. The lowest BCUT2D eigenvalue weighted by Gasteiger charge is -2.04. The van der Waals surface area contributed by atoms with Gasteiger partial charge in [-0.3, -0.25) is 4.79 Å². The van der Waals surface area contributed by atoms with Gasteiger partial charge in [-0.2, -0.15) is 5.10 Å². The molecule has 0 saturated carbocycles. The van der Waals surface area contributed by atoms with Crippen molar-refractivity contribution in [3.8, 4) is 0 Å². The number of amides is 1. The first-order valence-electron chi connectivity index (χ1n) is 5.96. The third kappa shape index (κ3) is 3.66. The fraction of sp³-hybridized carbons (Fsp3) is 0.214. The lowest BCUT2D eigenvalue weighted by atomic mass is 10.1. The van der Waals surface area contributed by atoms with Crippen LogP contribution in [0.1, 0.15) is 22.5 Å². The molecule has 0 unspecified atom stereocenters. The second kappa shape index (κ2) is 6.49. The van der Waals surface area contributed by atoms with E-state index in [9.17, 15) is 4.79 Å². The molecule has 4 nitrogen and oxygen atoms in total. The van der Waals surface area contributed by atoms with Crippen molar-refractivity contribution in [3.63, 3.8) is 0 Å². The number of hydrogen-bond donors (Lipinski definition) is 1. The summed E-state index contributed by atoms with van der Waals surface area (Å²) in [5.41, 5.74) is 1.64. The fourth-order valence-corrected chi connectivity index (χ4v) is 1.65. The van der Waals surface area contributed by atoms with Crippen LogP contribution in [0.25, 0.3) is 0 Å². The minimum atomic E-state index is -0.170. The van der Waals surface area contributed by atoms with Crippen LogP contribution in [0.3, 0.4) is 0 Å². The first-order chi connectivity index (χ1) is 8.86. The van der Waals surface area contributed by atoms with Crippen LogP contribution >= 0.6 is 0 Å². The van der Waals surface area contributed by atoms with Crippen LogP contribution in [0, 0.1) is 0 Å². The molecule has 0 bridgehead atoms. The molecule has 0 atom stereocenters. The van der Waals surface area contributed by atoms with Crippen LogP contribution in [0.2, 0.25) is 0 Å². The number of rotatable bonds is 5. The van der Waals surface area contributed by atoms with Gasteiger partial charge in [-0.25, -0.2) is 0 Å². The number of aryl methyl sites for hydroxylation is 1. The van der Waals surface area contributed by atoms with Crippen molar-refractivity contribution in [2.24, 2.45) is 0 Å². The van der Waals surface area contributed by atoms with E-state index >= 15 is 0 Å².